The van der Waals surface area contributed by atoms with E-state index in [4.69, 9.17) is 11.6 Å². The van der Waals surface area contributed by atoms with E-state index < -0.39 is 0 Å². The Morgan fingerprint density at radius 1 is 1.19 bits per heavy atom. The van der Waals surface area contributed by atoms with Crippen LogP contribution in [0.2, 0.25) is 4.34 Å². The number of aromatic nitrogens is 1. The van der Waals surface area contributed by atoms with E-state index in [9.17, 15) is 4.79 Å². The molecule has 0 saturated heterocycles. The van der Waals surface area contributed by atoms with Crippen molar-refractivity contribution in [2.45, 2.75) is 24.1 Å². The van der Waals surface area contributed by atoms with E-state index >= 15 is 0 Å². The van der Waals surface area contributed by atoms with Gasteiger partial charge in [0.15, 0.2) is 0 Å². The van der Waals surface area contributed by atoms with Crippen molar-refractivity contribution in [3.05, 3.63) is 81.3 Å². The zero-order valence-corrected chi connectivity index (χ0v) is 16.8. The lowest BCUT2D eigenvalue weighted by atomic mass is 10.2. The molecular formula is C20H19ClN2OS2. The van der Waals surface area contributed by atoms with E-state index in [1.165, 1.54) is 16.9 Å². The van der Waals surface area contributed by atoms with Gasteiger partial charge in [-0.2, -0.15) is 0 Å². The Balaban J connectivity index is 1.61. The zero-order valence-electron chi connectivity index (χ0n) is 14.4. The number of carbonyl (C=O) groups is 1. The van der Waals surface area contributed by atoms with Crippen LogP contribution in [0.3, 0.4) is 0 Å². The molecule has 2 heterocycles. The smallest absolute Gasteiger partial charge is 0.254 e. The molecule has 0 bridgehead atoms. The number of halogens is 1. The van der Waals surface area contributed by atoms with Crippen molar-refractivity contribution < 1.29 is 4.79 Å². The Morgan fingerprint density at radius 3 is 2.62 bits per heavy atom. The molecule has 3 aromatic rings. The van der Waals surface area contributed by atoms with Crippen LogP contribution in [-0.4, -0.2) is 22.3 Å². The summed E-state index contributed by atoms with van der Waals surface area (Å²) in [4.78, 5) is 21.0. The Morgan fingerprint density at radius 2 is 2.00 bits per heavy atom. The molecule has 3 rings (SSSR count). The van der Waals surface area contributed by atoms with Gasteiger partial charge in [-0.1, -0.05) is 17.7 Å². The van der Waals surface area contributed by atoms with Gasteiger partial charge in [0.25, 0.3) is 5.91 Å². The summed E-state index contributed by atoms with van der Waals surface area (Å²) >= 11 is 9.23. The van der Waals surface area contributed by atoms with Crippen molar-refractivity contribution in [2.24, 2.45) is 0 Å². The number of nitrogens with zero attached hydrogens (tertiary/aromatic N) is 2. The second kappa shape index (κ2) is 9.21. The second-order valence-corrected chi connectivity index (χ2v) is 8.55. The van der Waals surface area contributed by atoms with Gasteiger partial charge >= 0.3 is 0 Å². The predicted molar refractivity (Wildman–Crippen MR) is 110 cm³/mol. The van der Waals surface area contributed by atoms with Crippen molar-refractivity contribution in [3.63, 3.8) is 0 Å². The van der Waals surface area contributed by atoms with Crippen LogP contribution >= 0.6 is 34.7 Å². The lowest BCUT2D eigenvalue weighted by Crippen LogP contribution is -2.29. The molecule has 1 amide bonds. The molecule has 0 atom stereocenters. The second-order valence-electron chi connectivity index (χ2n) is 5.70. The Labute approximate surface area is 167 Å². The summed E-state index contributed by atoms with van der Waals surface area (Å²) < 4.78 is 0.749. The molecule has 0 aliphatic heterocycles. The van der Waals surface area contributed by atoms with Crippen LogP contribution in [0.25, 0.3) is 0 Å². The summed E-state index contributed by atoms with van der Waals surface area (Å²) in [5.41, 5.74) is 1.89. The summed E-state index contributed by atoms with van der Waals surface area (Å²) in [7, 11) is 0. The standard InChI is InChI=1S/C20H19ClN2OS2/c1-2-23(13-18-9-10-19(21)26-18)20(24)16-5-7-17(8-6-16)25-14-15-4-3-11-22-12-15/h3-12H,2,13-14H2,1H3. The molecule has 0 spiro atoms. The highest BCUT2D eigenvalue weighted by atomic mass is 35.5. The summed E-state index contributed by atoms with van der Waals surface area (Å²) in [6.45, 7) is 3.24. The zero-order chi connectivity index (χ0) is 18.4. The van der Waals surface area contributed by atoms with Gasteiger partial charge in [0.1, 0.15) is 0 Å². The van der Waals surface area contributed by atoms with Crippen molar-refractivity contribution in [3.8, 4) is 0 Å². The fraction of sp³-hybridized carbons (Fsp3) is 0.200. The van der Waals surface area contributed by atoms with Crippen molar-refractivity contribution >= 4 is 40.6 Å². The maximum atomic E-state index is 12.8. The number of rotatable bonds is 7. The molecule has 0 N–H and O–H groups in total. The van der Waals surface area contributed by atoms with Gasteiger partial charge in [-0.15, -0.1) is 23.1 Å². The first-order valence-electron chi connectivity index (χ1n) is 8.31. The van der Waals surface area contributed by atoms with Crippen molar-refractivity contribution in [1.29, 1.82) is 0 Å². The maximum absolute atomic E-state index is 12.8. The molecule has 26 heavy (non-hydrogen) atoms. The largest absolute Gasteiger partial charge is 0.334 e. The molecule has 3 nitrogen and oxygen atoms in total. The SMILES string of the molecule is CCN(Cc1ccc(Cl)s1)C(=O)c1ccc(SCc2cccnc2)cc1. The van der Waals surface area contributed by atoms with Crippen molar-refractivity contribution in [1.82, 2.24) is 9.88 Å². The monoisotopic (exact) mass is 402 g/mol. The highest BCUT2D eigenvalue weighted by Gasteiger charge is 2.15. The number of hydrogen-bond acceptors (Lipinski definition) is 4. The van der Waals surface area contributed by atoms with E-state index in [2.05, 4.69) is 11.1 Å². The molecule has 0 fully saturated rings. The third-order valence-corrected chi connectivity index (χ3v) is 6.17. The molecule has 0 saturated carbocycles. The van der Waals surface area contributed by atoms with Gasteiger partial charge in [0.05, 0.1) is 10.9 Å². The van der Waals surface area contributed by atoms with Gasteiger partial charge in [0, 0.05) is 40.0 Å². The lowest BCUT2D eigenvalue weighted by molar-refractivity contribution is 0.0754. The number of thioether (sulfide) groups is 1. The third kappa shape index (κ3) is 5.10. The summed E-state index contributed by atoms with van der Waals surface area (Å²) in [5.74, 6) is 0.905. The molecular weight excluding hydrogens is 384 g/mol. The fourth-order valence-electron chi connectivity index (χ4n) is 2.48. The summed E-state index contributed by atoms with van der Waals surface area (Å²) in [6, 6.07) is 15.7. The highest BCUT2D eigenvalue weighted by molar-refractivity contribution is 7.98. The Hall–Kier alpha value is -1.82. The van der Waals surface area contributed by atoms with Gasteiger partial charge in [-0.3, -0.25) is 9.78 Å². The third-order valence-electron chi connectivity index (χ3n) is 3.87. The normalized spacial score (nSPS) is 10.7. The minimum absolute atomic E-state index is 0.0424. The first-order chi connectivity index (χ1) is 12.7. The van der Waals surface area contributed by atoms with E-state index in [1.54, 1.807) is 18.0 Å². The Kier molecular flexibility index (Phi) is 6.72. The van der Waals surface area contributed by atoms with Gasteiger partial charge in [-0.25, -0.2) is 0 Å². The highest BCUT2D eigenvalue weighted by Crippen LogP contribution is 2.25. The number of amides is 1. The minimum atomic E-state index is 0.0424. The molecule has 0 unspecified atom stereocenters. The number of benzene rings is 1. The van der Waals surface area contributed by atoms with Crippen LogP contribution in [0.1, 0.15) is 27.7 Å². The fourth-order valence-corrected chi connectivity index (χ4v) is 4.41. The summed E-state index contributed by atoms with van der Waals surface area (Å²) in [5, 5.41) is 0. The van der Waals surface area contributed by atoms with Gasteiger partial charge in [-0.05, 0) is 55.0 Å². The average molecular weight is 403 g/mol. The number of thiophene rings is 1. The van der Waals surface area contributed by atoms with Crippen LogP contribution in [0.5, 0.6) is 0 Å². The molecule has 6 heteroatoms. The van der Waals surface area contributed by atoms with Crippen LogP contribution in [0.4, 0.5) is 0 Å². The van der Waals surface area contributed by atoms with E-state index in [0.717, 1.165) is 19.9 Å². The minimum Gasteiger partial charge on any atom is -0.334 e. The topological polar surface area (TPSA) is 33.2 Å². The molecule has 1 aromatic carbocycles. The van der Waals surface area contributed by atoms with Gasteiger partial charge in [0.2, 0.25) is 0 Å². The van der Waals surface area contributed by atoms with E-state index in [1.807, 2.05) is 60.5 Å². The molecule has 2 aromatic heterocycles. The molecule has 0 aliphatic rings. The summed E-state index contributed by atoms with van der Waals surface area (Å²) in [6.07, 6.45) is 3.65. The number of hydrogen-bond donors (Lipinski definition) is 0. The predicted octanol–water partition coefficient (Wildman–Crippen LogP) is 5.75. The van der Waals surface area contributed by atoms with Crippen LogP contribution in [0, 0.1) is 0 Å². The van der Waals surface area contributed by atoms with Crippen LogP contribution in [-0.2, 0) is 12.3 Å². The number of pyridine rings is 1. The van der Waals surface area contributed by atoms with Crippen molar-refractivity contribution in [2.75, 3.05) is 6.54 Å². The molecule has 0 radical (unpaired) electrons. The van der Waals surface area contributed by atoms with Crippen LogP contribution < -0.4 is 0 Å². The number of carbonyl (C=O) groups excluding carboxylic acids is 1. The molecule has 0 aliphatic carbocycles. The van der Waals surface area contributed by atoms with E-state index in [-0.39, 0.29) is 5.91 Å². The quantitative estimate of drug-likeness (QED) is 0.471. The van der Waals surface area contributed by atoms with Crippen LogP contribution in [0.15, 0.2) is 65.8 Å². The lowest BCUT2D eigenvalue weighted by Gasteiger charge is -2.20. The first-order valence-corrected chi connectivity index (χ1v) is 10.5. The maximum Gasteiger partial charge on any atom is 0.254 e. The Bertz CT molecular complexity index is 850. The molecule has 134 valence electrons. The van der Waals surface area contributed by atoms with E-state index in [0.29, 0.717) is 18.7 Å². The van der Waals surface area contributed by atoms with Gasteiger partial charge < -0.3 is 4.90 Å². The first kappa shape index (κ1) is 19.0. The average Bonchev–Trinajstić information content (AvgIpc) is 3.10.